The highest BCUT2D eigenvalue weighted by Gasteiger charge is 2.26. The maximum absolute atomic E-state index is 12.6. The summed E-state index contributed by atoms with van der Waals surface area (Å²) in [6, 6.07) is 1.38. The van der Waals surface area contributed by atoms with Gasteiger partial charge in [0.1, 0.15) is 10.2 Å². The van der Waals surface area contributed by atoms with Gasteiger partial charge in [0.05, 0.1) is 11.0 Å². The summed E-state index contributed by atoms with van der Waals surface area (Å²) in [7, 11) is 0. The fourth-order valence-corrected chi connectivity index (χ4v) is 1.47. The maximum Gasteiger partial charge on any atom is 0.410 e. The van der Waals surface area contributed by atoms with E-state index in [1.54, 1.807) is 0 Å². The van der Waals surface area contributed by atoms with Crippen LogP contribution in [0, 0.1) is 0 Å². The topological polar surface area (TPSA) is 58.6 Å². The van der Waals surface area contributed by atoms with Crippen molar-refractivity contribution in [2.45, 2.75) is 26.4 Å². The molecule has 2 rings (SSSR count). The van der Waals surface area contributed by atoms with Crippen molar-refractivity contribution < 1.29 is 20.5 Å². The number of piperazine rings is 1. The van der Waals surface area contributed by atoms with E-state index in [4.69, 9.17) is 15.7 Å². The van der Waals surface area contributed by atoms with Crippen LogP contribution in [-0.2, 0) is 4.74 Å². The van der Waals surface area contributed by atoms with E-state index in [2.05, 4.69) is 25.9 Å². The van der Waals surface area contributed by atoms with Crippen LogP contribution in [0.15, 0.2) is 16.9 Å². The number of amides is 1. The van der Waals surface area contributed by atoms with Crippen LogP contribution in [0.4, 0.5) is 10.7 Å². The van der Waals surface area contributed by atoms with Crippen LogP contribution in [0.1, 0.15) is 31.7 Å². The largest absolute Gasteiger partial charge is 0.444 e. The second kappa shape index (κ2) is 5.95. The Morgan fingerprint density at radius 3 is 2.60 bits per heavy atom. The number of hydrogen-bond donors (Lipinski definition) is 0. The predicted molar refractivity (Wildman–Crippen MR) is 79.8 cm³/mol. The monoisotopic (exact) mass is 350 g/mol. The molecule has 0 spiro atoms. The van der Waals surface area contributed by atoms with Gasteiger partial charge in [-0.1, -0.05) is 0 Å². The van der Waals surface area contributed by atoms with Gasteiger partial charge in [0, 0.05) is 32.2 Å². The summed E-state index contributed by atoms with van der Waals surface area (Å²) in [6.45, 7) is -8.84. The van der Waals surface area contributed by atoms with Crippen LogP contribution in [0.3, 0.4) is 0 Å². The zero-order chi connectivity index (χ0) is 21.9. The zero-order valence-electron chi connectivity index (χ0n) is 19.1. The van der Waals surface area contributed by atoms with E-state index < -0.39 is 43.6 Å². The van der Waals surface area contributed by atoms with E-state index in [9.17, 15) is 4.79 Å². The second-order valence-corrected chi connectivity index (χ2v) is 5.59. The van der Waals surface area contributed by atoms with Crippen molar-refractivity contribution in [3.8, 4) is 0 Å². The molecule has 2 heterocycles. The maximum atomic E-state index is 12.6. The Morgan fingerprint density at radius 1 is 1.40 bits per heavy atom. The van der Waals surface area contributed by atoms with Gasteiger partial charge in [-0.3, -0.25) is 0 Å². The Kier molecular flexibility index (Phi) is 2.26. The van der Waals surface area contributed by atoms with Crippen molar-refractivity contribution in [3.63, 3.8) is 0 Å². The van der Waals surface area contributed by atoms with E-state index in [0.717, 1.165) is 0 Å². The van der Waals surface area contributed by atoms with E-state index in [1.165, 1.54) is 33.0 Å². The Balaban J connectivity index is 2.71. The smallest absolute Gasteiger partial charge is 0.410 e. The first kappa shape index (κ1) is 7.59. The first-order chi connectivity index (χ1) is 12.4. The molecule has 0 unspecified atom stereocenters. The molecule has 1 aliphatic heterocycles. The molecule has 0 aliphatic carbocycles. The number of rotatable bonds is 1. The lowest BCUT2D eigenvalue weighted by molar-refractivity contribution is 0.0240. The van der Waals surface area contributed by atoms with Crippen LogP contribution in [-0.4, -0.2) is 52.5 Å². The van der Waals surface area contributed by atoms with Crippen LogP contribution in [0.5, 0.6) is 0 Å². The van der Waals surface area contributed by atoms with Gasteiger partial charge >= 0.3 is 6.09 Å². The third-order valence-electron chi connectivity index (χ3n) is 1.93. The third-order valence-corrected chi connectivity index (χ3v) is 2.37. The van der Waals surface area contributed by atoms with Crippen molar-refractivity contribution in [1.82, 2.24) is 14.9 Å². The molecule has 0 saturated carbocycles. The molecule has 0 atom stereocenters. The SMILES string of the molecule is [2H]C1([2H])N(C(=O)OC(C)(C)C)C([2H])([2H])C([2H])([2H])N(c2nccc(Br)n2)C1([2H])[2H]. The molecule has 6 nitrogen and oxygen atoms in total. The van der Waals surface area contributed by atoms with Crippen molar-refractivity contribution in [1.29, 1.82) is 0 Å². The molecule has 0 bridgehead atoms. The summed E-state index contributed by atoms with van der Waals surface area (Å²) >= 11 is 3.03. The first-order valence-electron chi connectivity index (χ1n) is 9.69. The molecule has 1 saturated heterocycles. The molecule has 0 aromatic carbocycles. The minimum atomic E-state index is -3.35. The van der Waals surface area contributed by atoms with Crippen LogP contribution < -0.4 is 4.90 Å². The molecule has 0 radical (unpaired) electrons. The molecule has 1 aromatic heterocycles. The molecule has 1 amide bonds. The normalized spacial score (nSPS) is 32.2. The van der Waals surface area contributed by atoms with Gasteiger partial charge < -0.3 is 14.5 Å². The fourth-order valence-electron chi connectivity index (χ4n) is 1.19. The highest BCUT2D eigenvalue weighted by Crippen LogP contribution is 2.16. The average molecular weight is 351 g/mol. The van der Waals surface area contributed by atoms with Gasteiger partial charge in [-0.25, -0.2) is 14.8 Å². The van der Waals surface area contributed by atoms with E-state index in [1.807, 2.05) is 0 Å². The highest BCUT2D eigenvalue weighted by molar-refractivity contribution is 9.10. The fraction of sp³-hybridized carbons (Fsp3) is 0.615. The summed E-state index contributed by atoms with van der Waals surface area (Å²) < 4.78 is 70.9. The minimum Gasteiger partial charge on any atom is -0.444 e. The summed E-state index contributed by atoms with van der Waals surface area (Å²) in [5.41, 5.74) is -1.15. The van der Waals surface area contributed by atoms with E-state index >= 15 is 0 Å². The predicted octanol–water partition coefficient (Wildman–Crippen LogP) is 2.30. The van der Waals surface area contributed by atoms with Gasteiger partial charge in [-0.05, 0) is 42.8 Å². The molecule has 1 aromatic rings. The van der Waals surface area contributed by atoms with Crippen molar-refractivity contribution in [3.05, 3.63) is 16.9 Å². The molecule has 1 aliphatic rings. The number of ether oxygens (including phenoxy) is 1. The van der Waals surface area contributed by atoms with Gasteiger partial charge in [-0.2, -0.15) is 0 Å². The van der Waals surface area contributed by atoms with E-state index in [-0.39, 0.29) is 14.4 Å². The molecular formula is C13H19BrN4O2. The molecule has 110 valence electrons. The van der Waals surface area contributed by atoms with Crippen molar-refractivity contribution in [2.24, 2.45) is 0 Å². The third kappa shape index (κ3) is 4.06. The number of hydrogen-bond acceptors (Lipinski definition) is 5. The summed E-state index contributed by atoms with van der Waals surface area (Å²) in [4.78, 5) is 20.1. The van der Waals surface area contributed by atoms with Crippen LogP contribution in [0.2, 0.25) is 0 Å². The van der Waals surface area contributed by atoms with Crippen LogP contribution >= 0.6 is 15.9 Å². The highest BCUT2D eigenvalue weighted by atomic mass is 79.9. The summed E-state index contributed by atoms with van der Waals surface area (Å²) in [5, 5.41) is 0. The number of nitrogens with zero attached hydrogens (tertiary/aromatic N) is 4. The number of carbonyl (C=O) groups is 1. The molecule has 7 heteroatoms. The van der Waals surface area contributed by atoms with Crippen molar-refractivity contribution in [2.75, 3.05) is 30.9 Å². The van der Waals surface area contributed by atoms with Gasteiger partial charge in [0.15, 0.2) is 0 Å². The number of aromatic nitrogens is 2. The molecule has 0 N–H and O–H groups in total. The van der Waals surface area contributed by atoms with E-state index in [0.29, 0.717) is 0 Å². The lowest BCUT2D eigenvalue weighted by atomic mass is 10.2. The van der Waals surface area contributed by atoms with Gasteiger partial charge in [0.25, 0.3) is 0 Å². The first-order valence-corrected chi connectivity index (χ1v) is 6.49. The molecule has 20 heavy (non-hydrogen) atoms. The van der Waals surface area contributed by atoms with Crippen molar-refractivity contribution >= 4 is 28.0 Å². The summed E-state index contributed by atoms with van der Waals surface area (Å²) in [5.74, 6) is -0.596. The molecular weight excluding hydrogens is 324 g/mol. The Morgan fingerprint density at radius 2 is 2.05 bits per heavy atom. The van der Waals surface area contributed by atoms with Gasteiger partial charge in [-0.15, -0.1) is 0 Å². The quantitative estimate of drug-likeness (QED) is 0.727. The minimum absolute atomic E-state index is 0.153. The average Bonchev–Trinajstić information content (AvgIpc) is 2.42. The second-order valence-electron chi connectivity index (χ2n) is 4.78. The molecule has 1 fully saturated rings. The zero-order valence-corrected chi connectivity index (χ0v) is 12.7. The number of anilines is 1. The Hall–Kier alpha value is -1.37. The lowest BCUT2D eigenvalue weighted by Gasteiger charge is -2.35. The summed E-state index contributed by atoms with van der Waals surface area (Å²) in [6.07, 6.45) is -0.366. The number of carbonyl (C=O) groups excluding carboxylic acids is 1. The van der Waals surface area contributed by atoms with Gasteiger partial charge in [0.2, 0.25) is 5.95 Å². The van der Waals surface area contributed by atoms with Crippen LogP contribution in [0.25, 0.3) is 0 Å². The standard InChI is InChI=1S/C13H19BrN4O2/c1-13(2,3)20-12(19)18-8-6-17(7-9-18)11-15-5-4-10(14)16-11/h4-5H,6-9H2,1-3H3/i6D2,7D2,8D2,9D2. The Labute approximate surface area is 138 Å². The number of halogens is 1. The Bertz CT molecular complexity index is 758. The lowest BCUT2D eigenvalue weighted by Crippen LogP contribution is -2.50.